The van der Waals surface area contributed by atoms with Crippen LogP contribution in [0, 0.1) is 64.1 Å². The van der Waals surface area contributed by atoms with Gasteiger partial charge >= 0.3 is 5.97 Å². The van der Waals surface area contributed by atoms with Crippen molar-refractivity contribution in [2.24, 2.45) is 64.1 Å². The zero-order valence-electron chi connectivity index (χ0n) is 33.7. The van der Waals surface area contributed by atoms with Gasteiger partial charge in [0.15, 0.2) is 0 Å². The molecule has 0 spiro atoms. The number of carboxylic acids is 1. The van der Waals surface area contributed by atoms with Gasteiger partial charge in [-0.25, -0.2) is 0 Å². The second-order valence-electron chi connectivity index (χ2n) is 18.9. The van der Waals surface area contributed by atoms with Crippen LogP contribution in [0.2, 0.25) is 0 Å². The maximum atomic E-state index is 10.8. The van der Waals surface area contributed by atoms with Gasteiger partial charge in [-0.15, -0.1) is 0 Å². The molecule has 2 heteroatoms. The lowest BCUT2D eigenvalue weighted by atomic mass is 9.49. The van der Waals surface area contributed by atoms with Crippen molar-refractivity contribution in [1.29, 1.82) is 0 Å². The summed E-state index contributed by atoms with van der Waals surface area (Å²) in [4.78, 5) is 10.8. The van der Waals surface area contributed by atoms with E-state index in [0.29, 0.717) is 35.0 Å². The minimum Gasteiger partial charge on any atom is -0.481 e. The monoisotopic (exact) mass is 677 g/mol. The first-order chi connectivity index (χ1) is 23.4. The standard InChI is InChI=1S/C47H80O2/c1-9-10-20-38(21-16-14-12-11-13-15-18-35(4)19-17-22-45(48)49)39-29-31-46(7)40(33-39)25-26-41-43-28-27-42(47(43,8)32-30-44(41)46)37(6)24-23-36(5)34(2)3/h11-12,23-24,34-40,42-43H,9-10,13-22,25-33H2,1-8H3,(H,48,49)/b12-11-,24-23?/t35?,36-,37+,38?,39?,40?,42+,43?,46-,47+/m0/s1. The zero-order chi connectivity index (χ0) is 35.6. The van der Waals surface area contributed by atoms with E-state index in [2.05, 4.69) is 79.7 Å². The number of allylic oxidation sites excluding steroid dienone is 6. The Kier molecular flexibility index (Phi) is 15.7. The van der Waals surface area contributed by atoms with Gasteiger partial charge in [0.1, 0.15) is 0 Å². The van der Waals surface area contributed by atoms with Gasteiger partial charge in [0.2, 0.25) is 0 Å². The molecule has 4 aliphatic carbocycles. The van der Waals surface area contributed by atoms with Crippen molar-refractivity contribution in [3.05, 3.63) is 35.5 Å². The SMILES string of the molecule is CCCCC(CCC/C=C\CCCC(C)CCCC(=O)O)C1CC[C@]2(C)C3=C(CCC2C1)C1CC[C@H]([C@H](C)C=C[C@H](C)C(C)C)[C@@]1(C)CC3. The summed E-state index contributed by atoms with van der Waals surface area (Å²) in [5.41, 5.74) is 4.94. The van der Waals surface area contributed by atoms with Gasteiger partial charge in [-0.1, -0.05) is 123 Å². The second-order valence-corrected chi connectivity index (χ2v) is 18.9. The molecule has 0 heterocycles. The molecule has 49 heavy (non-hydrogen) atoms. The molecule has 0 amide bonds. The number of hydrogen-bond acceptors (Lipinski definition) is 1. The Bertz CT molecular complexity index is 1110. The third kappa shape index (κ3) is 10.4. The fourth-order valence-electron chi connectivity index (χ4n) is 11.7. The molecule has 0 aromatic carbocycles. The number of rotatable bonds is 20. The average molecular weight is 677 g/mol. The van der Waals surface area contributed by atoms with E-state index >= 15 is 0 Å². The van der Waals surface area contributed by atoms with E-state index in [-0.39, 0.29) is 0 Å². The van der Waals surface area contributed by atoms with Crippen LogP contribution < -0.4 is 0 Å². The molecule has 10 atom stereocenters. The molecule has 0 aliphatic heterocycles. The Balaban J connectivity index is 1.28. The molecule has 4 aliphatic rings. The van der Waals surface area contributed by atoms with E-state index in [9.17, 15) is 4.79 Å². The van der Waals surface area contributed by atoms with Crippen molar-refractivity contribution in [3.8, 4) is 0 Å². The van der Waals surface area contributed by atoms with Gasteiger partial charge in [-0.2, -0.15) is 0 Å². The normalized spacial score (nSPS) is 32.7. The van der Waals surface area contributed by atoms with Gasteiger partial charge in [-0.3, -0.25) is 4.79 Å². The van der Waals surface area contributed by atoms with E-state index in [1.807, 2.05) is 11.1 Å². The number of carboxylic acid groups (broad SMARTS) is 1. The molecular formula is C47H80O2. The summed E-state index contributed by atoms with van der Waals surface area (Å²) in [7, 11) is 0. The molecule has 1 N–H and O–H groups in total. The minimum absolute atomic E-state index is 0.319. The van der Waals surface area contributed by atoms with Crippen LogP contribution in [0.1, 0.15) is 190 Å². The molecule has 0 bridgehead atoms. The van der Waals surface area contributed by atoms with Crippen LogP contribution in [0.5, 0.6) is 0 Å². The van der Waals surface area contributed by atoms with Crippen molar-refractivity contribution in [2.75, 3.05) is 0 Å². The predicted octanol–water partition coefficient (Wildman–Crippen LogP) is 14.4. The van der Waals surface area contributed by atoms with E-state index in [4.69, 9.17) is 5.11 Å². The first-order valence-electron chi connectivity index (χ1n) is 21.7. The maximum Gasteiger partial charge on any atom is 0.303 e. The van der Waals surface area contributed by atoms with E-state index < -0.39 is 5.97 Å². The molecule has 4 rings (SSSR count). The number of aliphatic carboxylic acids is 1. The molecule has 2 saturated carbocycles. The quantitative estimate of drug-likeness (QED) is 0.103. The lowest BCUT2D eigenvalue weighted by Gasteiger charge is -2.56. The van der Waals surface area contributed by atoms with Crippen LogP contribution in [0.15, 0.2) is 35.5 Å². The van der Waals surface area contributed by atoms with Crippen LogP contribution in [0.3, 0.4) is 0 Å². The number of hydrogen-bond donors (Lipinski definition) is 1. The molecule has 0 radical (unpaired) electrons. The van der Waals surface area contributed by atoms with Crippen molar-refractivity contribution >= 4 is 5.97 Å². The highest BCUT2D eigenvalue weighted by Gasteiger charge is 2.56. The molecular weight excluding hydrogens is 597 g/mol. The smallest absolute Gasteiger partial charge is 0.303 e. The van der Waals surface area contributed by atoms with Crippen LogP contribution >= 0.6 is 0 Å². The Hall–Kier alpha value is -1.31. The molecule has 0 aromatic heterocycles. The summed E-state index contributed by atoms with van der Waals surface area (Å²) in [6, 6.07) is 0. The van der Waals surface area contributed by atoms with Crippen LogP contribution in [0.4, 0.5) is 0 Å². The fourth-order valence-corrected chi connectivity index (χ4v) is 11.7. The number of fused-ring (bicyclic) bond motifs is 4. The van der Waals surface area contributed by atoms with Gasteiger partial charge in [0.25, 0.3) is 0 Å². The maximum absolute atomic E-state index is 10.8. The first kappa shape index (κ1) is 40.5. The number of carbonyl (C=O) groups is 1. The second kappa shape index (κ2) is 19.0. The molecule has 2 nitrogen and oxygen atoms in total. The lowest BCUT2D eigenvalue weighted by Crippen LogP contribution is -2.45. The first-order valence-corrected chi connectivity index (χ1v) is 21.7. The third-order valence-electron chi connectivity index (χ3n) is 15.4. The summed E-state index contributed by atoms with van der Waals surface area (Å²) in [5.74, 6) is 6.59. The van der Waals surface area contributed by atoms with Gasteiger partial charge in [0.05, 0.1) is 0 Å². The highest BCUT2D eigenvalue weighted by molar-refractivity contribution is 5.66. The number of unbranched alkanes of at least 4 members (excludes halogenated alkanes) is 3. The van der Waals surface area contributed by atoms with Crippen molar-refractivity contribution in [2.45, 2.75) is 190 Å². The molecule has 0 saturated heterocycles. The van der Waals surface area contributed by atoms with Gasteiger partial charge in [0, 0.05) is 6.42 Å². The molecule has 2 fully saturated rings. The molecule has 280 valence electrons. The molecule has 5 unspecified atom stereocenters. The summed E-state index contributed by atoms with van der Waals surface area (Å²) in [6.45, 7) is 19.8. The summed E-state index contributed by atoms with van der Waals surface area (Å²) >= 11 is 0. The summed E-state index contributed by atoms with van der Waals surface area (Å²) < 4.78 is 0. The lowest BCUT2D eigenvalue weighted by molar-refractivity contribution is -0.137. The fraction of sp³-hybridized carbons (Fsp3) is 0.851. The minimum atomic E-state index is -0.658. The Labute approximate surface area is 304 Å². The topological polar surface area (TPSA) is 37.3 Å². The Morgan fingerprint density at radius 2 is 1.53 bits per heavy atom. The summed E-state index contributed by atoms with van der Waals surface area (Å²) in [5, 5.41) is 8.86. The van der Waals surface area contributed by atoms with Crippen molar-refractivity contribution in [3.63, 3.8) is 0 Å². The predicted molar refractivity (Wildman–Crippen MR) is 212 cm³/mol. The van der Waals surface area contributed by atoms with E-state index in [0.717, 1.165) is 48.3 Å². The highest BCUT2D eigenvalue weighted by atomic mass is 16.4. The van der Waals surface area contributed by atoms with E-state index in [1.165, 1.54) is 116 Å². The van der Waals surface area contributed by atoms with E-state index in [1.54, 1.807) is 0 Å². The Morgan fingerprint density at radius 3 is 2.22 bits per heavy atom. The van der Waals surface area contributed by atoms with Crippen LogP contribution in [0.25, 0.3) is 0 Å². The largest absolute Gasteiger partial charge is 0.481 e. The van der Waals surface area contributed by atoms with Crippen molar-refractivity contribution < 1.29 is 9.90 Å². The molecule has 0 aromatic rings. The van der Waals surface area contributed by atoms with Crippen molar-refractivity contribution in [1.82, 2.24) is 0 Å². The average Bonchev–Trinajstić information content (AvgIpc) is 3.42. The Morgan fingerprint density at radius 1 is 0.837 bits per heavy atom. The van der Waals surface area contributed by atoms with Gasteiger partial charge < -0.3 is 5.11 Å². The zero-order valence-corrected chi connectivity index (χ0v) is 33.7. The highest BCUT2D eigenvalue weighted by Crippen LogP contribution is 2.66. The van der Waals surface area contributed by atoms with Gasteiger partial charge in [-0.05, 0) is 160 Å². The van der Waals surface area contributed by atoms with Crippen LogP contribution in [-0.2, 0) is 4.79 Å². The third-order valence-corrected chi connectivity index (χ3v) is 15.4. The summed E-state index contributed by atoms with van der Waals surface area (Å²) in [6.07, 6.45) is 37.1. The van der Waals surface area contributed by atoms with Crippen LogP contribution in [-0.4, -0.2) is 11.1 Å².